The predicted molar refractivity (Wildman–Crippen MR) is 176 cm³/mol. The van der Waals surface area contributed by atoms with Crippen LogP contribution in [0.15, 0.2) is 102 Å². The molecule has 11 heteroatoms. The number of hydrazone groups is 1. The molecule has 0 fully saturated rings. The van der Waals surface area contributed by atoms with Crippen LogP contribution in [0.25, 0.3) is 6.08 Å². The molecule has 2 N–H and O–H groups in total. The molecular weight excluding hydrogens is 588 g/mol. The second-order valence-corrected chi connectivity index (χ2v) is 9.94. The zero-order valence-electron chi connectivity index (χ0n) is 26.1. The number of hydrogen-bond donors (Lipinski definition) is 2. The van der Waals surface area contributed by atoms with Crippen LogP contribution in [0.4, 0.5) is 5.69 Å². The highest BCUT2D eigenvalue weighted by atomic mass is 16.5. The Labute approximate surface area is 267 Å². The van der Waals surface area contributed by atoms with Gasteiger partial charge in [-0.2, -0.15) is 5.10 Å². The van der Waals surface area contributed by atoms with E-state index in [-0.39, 0.29) is 17.0 Å². The standard InChI is InChI=1S/C35H34N4O7/c1-39(2)27-16-14-23(15-17-27)19-29(37-33(40)25-11-7-6-8-12-25)34(41)38-36-22-24-10-9-13-28(18-24)46-35(42)26-20-30(43-3)32(45-5)31(21-26)44-4/h6-22H,1-5H3,(H,37,40)(H,38,41)/b29-19+,36-22+. The Morgan fingerprint density at radius 3 is 2.02 bits per heavy atom. The highest BCUT2D eigenvalue weighted by Crippen LogP contribution is 2.38. The Bertz CT molecular complexity index is 1730. The van der Waals surface area contributed by atoms with E-state index in [4.69, 9.17) is 18.9 Å². The summed E-state index contributed by atoms with van der Waals surface area (Å²) in [4.78, 5) is 40.9. The molecule has 236 valence electrons. The first kappa shape index (κ1) is 32.8. The lowest BCUT2D eigenvalue weighted by Crippen LogP contribution is -2.32. The molecule has 0 bridgehead atoms. The van der Waals surface area contributed by atoms with E-state index in [0.717, 1.165) is 5.69 Å². The van der Waals surface area contributed by atoms with E-state index in [2.05, 4.69) is 15.8 Å². The van der Waals surface area contributed by atoms with Crippen molar-refractivity contribution < 1.29 is 33.3 Å². The van der Waals surface area contributed by atoms with Gasteiger partial charge in [-0.05, 0) is 65.7 Å². The molecule has 11 nitrogen and oxygen atoms in total. The SMILES string of the molecule is COc1cc(C(=O)Oc2cccc(/C=N/NC(=O)/C(=C\c3ccc(N(C)C)cc3)NC(=O)c3ccccc3)c2)cc(OC)c1OC. The topological polar surface area (TPSA) is 128 Å². The molecule has 0 spiro atoms. The summed E-state index contributed by atoms with van der Waals surface area (Å²) in [5.41, 5.74) is 5.25. The molecular formula is C35H34N4O7. The van der Waals surface area contributed by atoms with Gasteiger partial charge in [0.2, 0.25) is 5.75 Å². The molecule has 0 saturated carbocycles. The van der Waals surface area contributed by atoms with Crippen LogP contribution in [0.5, 0.6) is 23.0 Å². The minimum Gasteiger partial charge on any atom is -0.493 e. The summed E-state index contributed by atoms with van der Waals surface area (Å²) in [6.07, 6.45) is 2.95. The summed E-state index contributed by atoms with van der Waals surface area (Å²) in [5.74, 6) is -0.523. The molecule has 4 aromatic rings. The largest absolute Gasteiger partial charge is 0.493 e. The second-order valence-electron chi connectivity index (χ2n) is 9.94. The third kappa shape index (κ3) is 8.50. The Morgan fingerprint density at radius 1 is 0.739 bits per heavy atom. The van der Waals surface area contributed by atoms with Crippen LogP contribution in [0, 0.1) is 0 Å². The number of anilines is 1. The summed E-state index contributed by atoms with van der Waals surface area (Å²) in [5, 5.41) is 6.73. The van der Waals surface area contributed by atoms with Gasteiger partial charge in [-0.3, -0.25) is 9.59 Å². The van der Waals surface area contributed by atoms with Crippen molar-refractivity contribution in [1.82, 2.24) is 10.7 Å². The van der Waals surface area contributed by atoms with Gasteiger partial charge in [0.25, 0.3) is 11.8 Å². The molecule has 0 heterocycles. The molecule has 46 heavy (non-hydrogen) atoms. The van der Waals surface area contributed by atoms with Crippen LogP contribution < -0.4 is 34.6 Å². The highest BCUT2D eigenvalue weighted by molar-refractivity contribution is 6.05. The number of benzene rings is 4. The average molecular weight is 623 g/mol. The first-order valence-electron chi connectivity index (χ1n) is 14.0. The van der Waals surface area contributed by atoms with Crippen LogP contribution in [-0.4, -0.2) is 59.4 Å². The number of nitrogens with zero attached hydrogens (tertiary/aromatic N) is 2. The molecule has 2 amide bonds. The maximum Gasteiger partial charge on any atom is 0.343 e. The number of hydrogen-bond acceptors (Lipinski definition) is 9. The lowest BCUT2D eigenvalue weighted by molar-refractivity contribution is -0.117. The quantitative estimate of drug-likeness (QED) is 0.0750. The minimum absolute atomic E-state index is 0.00312. The van der Waals surface area contributed by atoms with Gasteiger partial charge in [0.05, 0.1) is 33.1 Å². The van der Waals surface area contributed by atoms with E-state index in [1.165, 1.54) is 39.7 Å². The number of esters is 1. The van der Waals surface area contributed by atoms with Crippen molar-refractivity contribution in [2.24, 2.45) is 5.10 Å². The normalized spacial score (nSPS) is 11.0. The second kappa shape index (κ2) is 15.6. The van der Waals surface area contributed by atoms with Crippen molar-refractivity contribution >= 4 is 35.8 Å². The molecule has 0 unspecified atom stereocenters. The zero-order valence-corrected chi connectivity index (χ0v) is 26.1. The van der Waals surface area contributed by atoms with Crippen LogP contribution in [0.3, 0.4) is 0 Å². The van der Waals surface area contributed by atoms with Gasteiger partial charge in [-0.1, -0.05) is 42.5 Å². The van der Waals surface area contributed by atoms with Gasteiger partial charge in [0, 0.05) is 25.3 Å². The van der Waals surface area contributed by atoms with Crippen molar-refractivity contribution in [3.63, 3.8) is 0 Å². The molecule has 0 atom stereocenters. The van der Waals surface area contributed by atoms with E-state index in [1.807, 2.05) is 43.3 Å². The third-order valence-corrected chi connectivity index (χ3v) is 6.60. The van der Waals surface area contributed by atoms with Gasteiger partial charge < -0.3 is 29.2 Å². The Hall–Kier alpha value is -6.10. The molecule has 0 saturated heterocycles. The summed E-state index contributed by atoms with van der Waals surface area (Å²) in [7, 11) is 8.23. The maximum absolute atomic E-state index is 13.2. The van der Waals surface area contributed by atoms with Crippen LogP contribution in [-0.2, 0) is 4.79 Å². The van der Waals surface area contributed by atoms with E-state index in [9.17, 15) is 14.4 Å². The molecule has 0 aliphatic carbocycles. The summed E-state index contributed by atoms with van der Waals surface area (Å²) in [6, 6.07) is 25.6. The van der Waals surface area contributed by atoms with Gasteiger partial charge in [-0.25, -0.2) is 10.2 Å². The number of rotatable bonds is 12. The number of nitrogens with one attached hydrogen (secondary N) is 2. The highest BCUT2D eigenvalue weighted by Gasteiger charge is 2.19. The smallest absolute Gasteiger partial charge is 0.343 e. The average Bonchev–Trinajstić information content (AvgIpc) is 3.07. The van der Waals surface area contributed by atoms with Gasteiger partial charge in [0.15, 0.2) is 11.5 Å². The summed E-state index contributed by atoms with van der Waals surface area (Å²) < 4.78 is 21.5. The van der Waals surface area contributed by atoms with Crippen LogP contribution >= 0.6 is 0 Å². The van der Waals surface area contributed by atoms with E-state index in [0.29, 0.717) is 33.9 Å². The number of carbonyl (C=O) groups excluding carboxylic acids is 3. The van der Waals surface area contributed by atoms with Gasteiger partial charge >= 0.3 is 5.97 Å². The third-order valence-electron chi connectivity index (χ3n) is 6.60. The van der Waals surface area contributed by atoms with Gasteiger partial charge in [0.1, 0.15) is 11.4 Å². The Kier molecular flexibility index (Phi) is 11.1. The summed E-state index contributed by atoms with van der Waals surface area (Å²) in [6.45, 7) is 0. The zero-order chi connectivity index (χ0) is 33.1. The predicted octanol–water partition coefficient (Wildman–Crippen LogP) is 4.92. The lowest BCUT2D eigenvalue weighted by atomic mass is 10.1. The minimum atomic E-state index is -0.649. The van der Waals surface area contributed by atoms with Gasteiger partial charge in [-0.15, -0.1) is 0 Å². The van der Waals surface area contributed by atoms with E-state index in [1.54, 1.807) is 60.7 Å². The fourth-order valence-electron chi connectivity index (χ4n) is 4.23. The van der Waals surface area contributed by atoms with Crippen molar-refractivity contribution in [3.05, 3.63) is 119 Å². The monoisotopic (exact) mass is 622 g/mol. The molecule has 0 aromatic heterocycles. The fourth-order valence-corrected chi connectivity index (χ4v) is 4.23. The van der Waals surface area contributed by atoms with E-state index < -0.39 is 17.8 Å². The first-order chi connectivity index (χ1) is 22.2. The number of carbonyl (C=O) groups is 3. The molecule has 0 radical (unpaired) electrons. The van der Waals surface area contributed by atoms with Crippen molar-refractivity contribution in [1.29, 1.82) is 0 Å². The van der Waals surface area contributed by atoms with E-state index >= 15 is 0 Å². The molecule has 0 aliphatic heterocycles. The Morgan fingerprint density at radius 2 is 1.41 bits per heavy atom. The lowest BCUT2D eigenvalue weighted by Gasteiger charge is -2.13. The molecule has 0 aliphatic rings. The van der Waals surface area contributed by atoms with Crippen LogP contribution in [0.1, 0.15) is 31.8 Å². The van der Waals surface area contributed by atoms with Crippen LogP contribution in [0.2, 0.25) is 0 Å². The maximum atomic E-state index is 13.2. The number of methoxy groups -OCH3 is 3. The number of amides is 2. The molecule has 4 rings (SSSR count). The summed E-state index contributed by atoms with van der Waals surface area (Å²) >= 11 is 0. The van der Waals surface area contributed by atoms with Crippen molar-refractivity contribution in [3.8, 4) is 23.0 Å². The van der Waals surface area contributed by atoms with Crippen molar-refractivity contribution in [2.75, 3.05) is 40.3 Å². The van der Waals surface area contributed by atoms with Crippen molar-refractivity contribution in [2.45, 2.75) is 0 Å². The number of ether oxygens (including phenoxy) is 4. The first-order valence-corrected chi connectivity index (χ1v) is 14.0. The molecule has 4 aromatic carbocycles. The fraction of sp³-hybridized carbons (Fsp3) is 0.143. The Balaban J connectivity index is 1.49.